The van der Waals surface area contributed by atoms with Crippen LogP contribution in [-0.2, 0) is 0 Å². The first-order valence-corrected chi connectivity index (χ1v) is 4.34. The second-order valence-electron chi connectivity index (χ2n) is 3.41. The maximum absolute atomic E-state index is 9.73. The first-order chi connectivity index (χ1) is 6.09. The molecular formula is C11H15NO. The second-order valence-corrected chi connectivity index (χ2v) is 3.41. The van der Waals surface area contributed by atoms with Crippen molar-refractivity contribution in [2.24, 2.45) is 0 Å². The van der Waals surface area contributed by atoms with Crippen LogP contribution in [0.5, 0.6) is 0 Å². The number of pyridine rings is 1. The highest BCUT2D eigenvalue weighted by Gasteiger charge is 2.07. The van der Waals surface area contributed by atoms with Gasteiger partial charge in [0.2, 0.25) is 0 Å². The average molecular weight is 177 g/mol. The molecule has 0 saturated heterocycles. The Morgan fingerprint density at radius 3 is 2.92 bits per heavy atom. The molecule has 0 aliphatic rings. The second kappa shape index (κ2) is 4.19. The molecule has 0 amide bonds. The normalized spacial score (nSPS) is 12.5. The maximum atomic E-state index is 9.73. The van der Waals surface area contributed by atoms with Crippen molar-refractivity contribution in [2.45, 2.75) is 26.4 Å². The average Bonchev–Trinajstić information content (AvgIpc) is 2.03. The number of aliphatic hydroxyl groups excluding tert-OH is 1. The van der Waals surface area contributed by atoms with Crippen molar-refractivity contribution in [1.82, 2.24) is 4.98 Å². The van der Waals surface area contributed by atoms with Crippen LogP contribution in [0.3, 0.4) is 0 Å². The molecule has 1 N–H and O–H groups in total. The number of aromatic nitrogens is 1. The molecule has 70 valence electrons. The quantitative estimate of drug-likeness (QED) is 0.719. The molecular weight excluding hydrogens is 162 g/mol. The molecule has 0 aromatic carbocycles. The number of hydrogen-bond donors (Lipinski definition) is 1. The van der Waals surface area contributed by atoms with Gasteiger partial charge in [-0.1, -0.05) is 5.57 Å². The summed E-state index contributed by atoms with van der Waals surface area (Å²) < 4.78 is 0. The summed E-state index contributed by atoms with van der Waals surface area (Å²) in [5.74, 6) is 0. The third kappa shape index (κ3) is 2.99. The zero-order chi connectivity index (χ0) is 9.84. The van der Waals surface area contributed by atoms with Gasteiger partial charge in [0.05, 0.1) is 6.10 Å². The van der Waals surface area contributed by atoms with Crippen LogP contribution in [0.1, 0.15) is 30.7 Å². The minimum absolute atomic E-state index is 0.445. The van der Waals surface area contributed by atoms with Crippen molar-refractivity contribution in [3.63, 3.8) is 0 Å². The van der Waals surface area contributed by atoms with Crippen LogP contribution < -0.4 is 0 Å². The van der Waals surface area contributed by atoms with Gasteiger partial charge in [0.1, 0.15) is 0 Å². The summed E-state index contributed by atoms with van der Waals surface area (Å²) in [4.78, 5) is 4.07. The molecule has 1 aromatic rings. The lowest BCUT2D eigenvalue weighted by Crippen LogP contribution is -1.98. The number of rotatable bonds is 3. The summed E-state index contributed by atoms with van der Waals surface area (Å²) in [6, 6.07) is 3.73. The van der Waals surface area contributed by atoms with Gasteiger partial charge in [-0.3, -0.25) is 4.98 Å². The Labute approximate surface area is 78.9 Å². The van der Waals surface area contributed by atoms with Crippen LogP contribution in [0, 0.1) is 6.92 Å². The highest BCUT2D eigenvalue weighted by molar-refractivity contribution is 5.19. The lowest BCUT2D eigenvalue weighted by Gasteiger charge is -2.10. The molecule has 1 aromatic heterocycles. The topological polar surface area (TPSA) is 33.1 Å². The number of nitrogens with zero attached hydrogens (tertiary/aromatic N) is 1. The van der Waals surface area contributed by atoms with Gasteiger partial charge in [-0.2, -0.15) is 0 Å². The van der Waals surface area contributed by atoms with Crippen molar-refractivity contribution in [3.8, 4) is 0 Å². The fraction of sp³-hybridized carbons (Fsp3) is 0.364. The molecule has 0 aliphatic carbocycles. The standard InChI is InChI=1S/C11H15NO/c1-8(2)6-11(13)10-4-5-12-9(3)7-10/h4-5,7,11,13H,1,6H2,2-3H3. The summed E-state index contributed by atoms with van der Waals surface area (Å²) in [6.07, 6.45) is 1.88. The fourth-order valence-electron chi connectivity index (χ4n) is 1.22. The minimum atomic E-state index is -0.445. The summed E-state index contributed by atoms with van der Waals surface area (Å²) in [7, 11) is 0. The summed E-state index contributed by atoms with van der Waals surface area (Å²) in [6.45, 7) is 7.60. The van der Waals surface area contributed by atoms with E-state index < -0.39 is 6.10 Å². The van der Waals surface area contributed by atoms with Crippen molar-refractivity contribution in [1.29, 1.82) is 0 Å². The Morgan fingerprint density at radius 2 is 2.38 bits per heavy atom. The highest BCUT2D eigenvalue weighted by Crippen LogP contribution is 2.19. The molecule has 0 bridgehead atoms. The molecule has 0 saturated carbocycles. The molecule has 2 nitrogen and oxygen atoms in total. The van der Waals surface area contributed by atoms with E-state index >= 15 is 0 Å². The zero-order valence-corrected chi connectivity index (χ0v) is 8.12. The van der Waals surface area contributed by atoms with E-state index in [4.69, 9.17) is 0 Å². The first-order valence-electron chi connectivity index (χ1n) is 4.34. The van der Waals surface area contributed by atoms with E-state index in [1.54, 1.807) is 6.20 Å². The molecule has 0 aliphatic heterocycles. The Bertz CT molecular complexity index is 307. The van der Waals surface area contributed by atoms with Gasteiger partial charge in [0.15, 0.2) is 0 Å². The van der Waals surface area contributed by atoms with Gasteiger partial charge < -0.3 is 5.11 Å². The van der Waals surface area contributed by atoms with Gasteiger partial charge in [-0.05, 0) is 38.0 Å². The first kappa shape index (κ1) is 9.93. The van der Waals surface area contributed by atoms with Gasteiger partial charge in [0.25, 0.3) is 0 Å². The lowest BCUT2D eigenvalue weighted by atomic mass is 10.0. The Balaban J connectivity index is 2.76. The fourth-order valence-corrected chi connectivity index (χ4v) is 1.22. The van der Waals surface area contributed by atoms with Crippen LogP contribution in [0.2, 0.25) is 0 Å². The highest BCUT2D eigenvalue weighted by atomic mass is 16.3. The molecule has 0 fully saturated rings. The van der Waals surface area contributed by atoms with Gasteiger partial charge >= 0.3 is 0 Å². The Kier molecular flexibility index (Phi) is 3.20. The Hall–Kier alpha value is -1.15. The van der Waals surface area contributed by atoms with E-state index in [2.05, 4.69) is 11.6 Å². The number of hydrogen-bond acceptors (Lipinski definition) is 2. The largest absolute Gasteiger partial charge is 0.388 e. The SMILES string of the molecule is C=C(C)CC(O)c1ccnc(C)c1. The number of aliphatic hydroxyl groups is 1. The van der Waals surface area contributed by atoms with E-state index in [9.17, 15) is 5.11 Å². The molecule has 0 radical (unpaired) electrons. The van der Waals surface area contributed by atoms with E-state index in [-0.39, 0.29) is 0 Å². The lowest BCUT2D eigenvalue weighted by molar-refractivity contribution is 0.178. The molecule has 1 unspecified atom stereocenters. The maximum Gasteiger partial charge on any atom is 0.0828 e. The predicted octanol–water partition coefficient (Wildman–Crippen LogP) is 2.39. The van der Waals surface area contributed by atoms with Crippen LogP contribution >= 0.6 is 0 Å². The third-order valence-corrected chi connectivity index (χ3v) is 1.85. The van der Waals surface area contributed by atoms with Crippen molar-refractivity contribution in [2.75, 3.05) is 0 Å². The van der Waals surface area contributed by atoms with Crippen LogP contribution in [0.4, 0.5) is 0 Å². The van der Waals surface area contributed by atoms with Crippen LogP contribution in [0.15, 0.2) is 30.5 Å². The Morgan fingerprint density at radius 1 is 1.69 bits per heavy atom. The van der Waals surface area contributed by atoms with E-state index in [0.29, 0.717) is 6.42 Å². The predicted molar refractivity (Wildman–Crippen MR) is 53.4 cm³/mol. The van der Waals surface area contributed by atoms with Gasteiger partial charge in [0, 0.05) is 11.9 Å². The van der Waals surface area contributed by atoms with Crippen molar-refractivity contribution in [3.05, 3.63) is 41.7 Å². The van der Waals surface area contributed by atoms with E-state index in [1.165, 1.54) is 0 Å². The van der Waals surface area contributed by atoms with Crippen LogP contribution in [0.25, 0.3) is 0 Å². The molecule has 1 rings (SSSR count). The monoisotopic (exact) mass is 177 g/mol. The van der Waals surface area contributed by atoms with Gasteiger partial charge in [-0.15, -0.1) is 6.58 Å². The zero-order valence-electron chi connectivity index (χ0n) is 8.12. The summed E-state index contributed by atoms with van der Waals surface area (Å²) >= 11 is 0. The molecule has 2 heteroatoms. The molecule has 1 atom stereocenters. The molecule has 1 heterocycles. The molecule has 13 heavy (non-hydrogen) atoms. The summed E-state index contributed by atoms with van der Waals surface area (Å²) in [5.41, 5.74) is 2.83. The summed E-state index contributed by atoms with van der Waals surface area (Å²) in [5, 5.41) is 9.73. The third-order valence-electron chi connectivity index (χ3n) is 1.85. The van der Waals surface area contributed by atoms with E-state index in [1.807, 2.05) is 26.0 Å². The molecule has 0 spiro atoms. The van der Waals surface area contributed by atoms with E-state index in [0.717, 1.165) is 16.8 Å². The van der Waals surface area contributed by atoms with Crippen LogP contribution in [-0.4, -0.2) is 10.1 Å². The van der Waals surface area contributed by atoms with Gasteiger partial charge in [-0.25, -0.2) is 0 Å². The number of aryl methyl sites for hydroxylation is 1. The minimum Gasteiger partial charge on any atom is -0.388 e. The van der Waals surface area contributed by atoms with Crippen molar-refractivity contribution < 1.29 is 5.11 Å². The van der Waals surface area contributed by atoms with Crippen molar-refractivity contribution >= 4 is 0 Å². The smallest absolute Gasteiger partial charge is 0.0828 e.